The zero-order chi connectivity index (χ0) is 16.8. The van der Waals surface area contributed by atoms with Gasteiger partial charge in [-0.15, -0.1) is 0 Å². The summed E-state index contributed by atoms with van der Waals surface area (Å²) in [7, 11) is 4.58. The lowest BCUT2D eigenvalue weighted by Gasteiger charge is -2.17. The van der Waals surface area contributed by atoms with Gasteiger partial charge in [0, 0.05) is 12.1 Å². The van der Waals surface area contributed by atoms with Gasteiger partial charge in [0.1, 0.15) is 5.82 Å². The van der Waals surface area contributed by atoms with E-state index in [2.05, 4.69) is 5.32 Å². The molecule has 2 aromatic rings. The monoisotopic (exact) mass is 316 g/mol. The van der Waals surface area contributed by atoms with E-state index in [1.165, 1.54) is 27.4 Å². The Labute approximate surface area is 134 Å². The van der Waals surface area contributed by atoms with Gasteiger partial charge in [0.2, 0.25) is 5.75 Å². The normalized spacial score (nSPS) is 9.87. The molecule has 2 rings (SSSR count). The van der Waals surface area contributed by atoms with Gasteiger partial charge >= 0.3 is 0 Å². The fraction of sp³-hybridized carbons (Fsp3) is 0.235. The van der Waals surface area contributed by atoms with Crippen LogP contribution < -0.4 is 19.5 Å². The maximum Gasteiger partial charge on any atom is 0.205 e. The number of methoxy groups -OCH3 is 3. The van der Waals surface area contributed by atoms with Crippen LogP contribution >= 0.6 is 0 Å². The number of halogens is 1. The van der Waals surface area contributed by atoms with Gasteiger partial charge in [-0.25, -0.2) is 4.39 Å². The Morgan fingerprint density at radius 3 is 2.35 bits per heavy atom. The van der Waals surface area contributed by atoms with Crippen LogP contribution in [-0.2, 0) is 6.54 Å². The lowest BCUT2D eigenvalue weighted by atomic mass is 10.1. The fourth-order valence-corrected chi connectivity index (χ4v) is 2.19. The highest BCUT2D eigenvalue weighted by Crippen LogP contribution is 2.42. The number of rotatable bonds is 6. The molecule has 0 unspecified atom stereocenters. The molecule has 0 aliphatic heterocycles. The molecule has 0 saturated heterocycles. The molecule has 0 bridgehead atoms. The van der Waals surface area contributed by atoms with Crippen LogP contribution in [0.1, 0.15) is 11.1 Å². The van der Waals surface area contributed by atoms with Crippen molar-refractivity contribution in [3.63, 3.8) is 0 Å². The van der Waals surface area contributed by atoms with Crippen molar-refractivity contribution < 1.29 is 18.6 Å². The van der Waals surface area contributed by atoms with Crippen molar-refractivity contribution in [2.24, 2.45) is 0 Å². The first-order valence-electron chi connectivity index (χ1n) is 6.86. The summed E-state index contributed by atoms with van der Waals surface area (Å²) in [6, 6.07) is 9.77. The fourth-order valence-electron chi connectivity index (χ4n) is 2.19. The van der Waals surface area contributed by atoms with E-state index in [1.54, 1.807) is 24.3 Å². The molecule has 0 radical (unpaired) electrons. The summed E-state index contributed by atoms with van der Waals surface area (Å²) in [5.41, 5.74) is 1.38. The summed E-state index contributed by atoms with van der Waals surface area (Å²) < 4.78 is 29.8. The first kappa shape index (κ1) is 16.4. The molecule has 0 atom stereocenters. The predicted molar refractivity (Wildman–Crippen MR) is 84.5 cm³/mol. The number of hydrogen-bond donors (Lipinski definition) is 1. The van der Waals surface area contributed by atoms with Crippen LogP contribution in [0, 0.1) is 17.1 Å². The van der Waals surface area contributed by atoms with Crippen molar-refractivity contribution in [3.05, 3.63) is 47.3 Å². The highest BCUT2D eigenvalue weighted by Gasteiger charge is 2.16. The van der Waals surface area contributed by atoms with Gasteiger partial charge in [-0.1, -0.05) is 6.07 Å². The van der Waals surface area contributed by atoms with Crippen LogP contribution in [-0.4, -0.2) is 21.3 Å². The third kappa shape index (κ3) is 3.46. The minimum Gasteiger partial charge on any atom is -0.493 e. The molecule has 0 fully saturated rings. The number of nitriles is 1. The third-order valence-electron chi connectivity index (χ3n) is 3.36. The summed E-state index contributed by atoms with van der Waals surface area (Å²) >= 11 is 0. The molecular formula is C17H17FN2O3. The Balaban J connectivity index is 2.26. The minimum atomic E-state index is -0.434. The van der Waals surface area contributed by atoms with Gasteiger partial charge in [0.05, 0.1) is 38.6 Å². The Morgan fingerprint density at radius 2 is 1.78 bits per heavy atom. The quantitative estimate of drug-likeness (QED) is 0.885. The first-order valence-corrected chi connectivity index (χ1v) is 6.86. The molecule has 0 aliphatic carbocycles. The zero-order valence-electron chi connectivity index (χ0n) is 13.1. The van der Waals surface area contributed by atoms with Crippen LogP contribution in [0.15, 0.2) is 30.3 Å². The van der Waals surface area contributed by atoms with E-state index in [0.29, 0.717) is 28.5 Å². The second-order valence-corrected chi connectivity index (χ2v) is 4.65. The molecule has 6 heteroatoms. The summed E-state index contributed by atoms with van der Waals surface area (Å²) in [5, 5.41) is 11.9. The molecule has 2 aromatic carbocycles. The van der Waals surface area contributed by atoms with E-state index < -0.39 is 5.82 Å². The maximum absolute atomic E-state index is 13.9. The van der Waals surface area contributed by atoms with E-state index >= 15 is 0 Å². The third-order valence-corrected chi connectivity index (χ3v) is 3.36. The number of nitrogens with one attached hydrogen (secondary N) is 1. The number of anilines is 1. The van der Waals surface area contributed by atoms with Crippen molar-refractivity contribution in [1.29, 1.82) is 5.26 Å². The van der Waals surface area contributed by atoms with Crippen LogP contribution in [0.4, 0.5) is 10.1 Å². The molecule has 1 N–H and O–H groups in total. The Kier molecular flexibility index (Phi) is 5.26. The average Bonchev–Trinajstić information content (AvgIpc) is 2.59. The largest absolute Gasteiger partial charge is 0.493 e. The van der Waals surface area contributed by atoms with Crippen LogP contribution in [0.3, 0.4) is 0 Å². The summed E-state index contributed by atoms with van der Waals surface area (Å²) in [4.78, 5) is 0. The molecule has 120 valence electrons. The maximum atomic E-state index is 13.9. The molecule has 0 amide bonds. The topological polar surface area (TPSA) is 63.5 Å². The molecule has 0 saturated carbocycles. The van der Waals surface area contributed by atoms with E-state index in [-0.39, 0.29) is 12.1 Å². The van der Waals surface area contributed by atoms with E-state index in [4.69, 9.17) is 19.5 Å². The molecule has 23 heavy (non-hydrogen) atoms. The second kappa shape index (κ2) is 7.36. The minimum absolute atomic E-state index is 0.239. The number of hydrogen-bond acceptors (Lipinski definition) is 5. The lowest BCUT2D eigenvalue weighted by molar-refractivity contribution is 0.325. The molecule has 0 heterocycles. The zero-order valence-corrected chi connectivity index (χ0v) is 13.1. The Bertz CT molecular complexity index is 741. The number of ether oxygens (including phenoxy) is 3. The van der Waals surface area contributed by atoms with Crippen LogP contribution in [0.2, 0.25) is 0 Å². The smallest absolute Gasteiger partial charge is 0.205 e. The standard InChI is InChI=1S/C17H17FN2O3/c1-21-15-7-6-14(16(22-2)17(15)23-3)20-10-12-5-4-11(9-19)8-13(12)18/h4-8,20H,10H2,1-3H3. The van der Waals surface area contributed by atoms with E-state index in [0.717, 1.165) is 0 Å². The molecule has 5 nitrogen and oxygen atoms in total. The molecular weight excluding hydrogens is 299 g/mol. The van der Waals surface area contributed by atoms with Crippen molar-refractivity contribution in [1.82, 2.24) is 0 Å². The van der Waals surface area contributed by atoms with Crippen LogP contribution in [0.5, 0.6) is 17.2 Å². The summed E-state index contributed by atoms with van der Waals surface area (Å²) in [6.45, 7) is 0.239. The van der Waals surface area contributed by atoms with Gasteiger partial charge in [0.15, 0.2) is 11.5 Å². The van der Waals surface area contributed by atoms with Gasteiger partial charge in [-0.2, -0.15) is 5.26 Å². The van der Waals surface area contributed by atoms with Crippen molar-refractivity contribution >= 4 is 5.69 Å². The highest BCUT2D eigenvalue weighted by molar-refractivity contribution is 5.68. The molecule has 0 aliphatic rings. The van der Waals surface area contributed by atoms with E-state index in [9.17, 15) is 4.39 Å². The van der Waals surface area contributed by atoms with Gasteiger partial charge in [0.25, 0.3) is 0 Å². The Morgan fingerprint density at radius 1 is 1.04 bits per heavy atom. The summed E-state index contributed by atoms with van der Waals surface area (Å²) in [5.74, 6) is 1.04. The summed E-state index contributed by atoms with van der Waals surface area (Å²) in [6.07, 6.45) is 0. The SMILES string of the molecule is COc1ccc(NCc2ccc(C#N)cc2F)c(OC)c1OC. The van der Waals surface area contributed by atoms with Crippen molar-refractivity contribution in [3.8, 4) is 23.3 Å². The number of benzene rings is 2. The van der Waals surface area contributed by atoms with Crippen molar-refractivity contribution in [2.45, 2.75) is 6.54 Å². The predicted octanol–water partition coefficient (Wildman–Crippen LogP) is 3.34. The van der Waals surface area contributed by atoms with Gasteiger partial charge in [-0.05, 0) is 24.3 Å². The first-order chi connectivity index (χ1) is 11.1. The van der Waals surface area contributed by atoms with Crippen LogP contribution in [0.25, 0.3) is 0 Å². The second-order valence-electron chi connectivity index (χ2n) is 4.65. The van der Waals surface area contributed by atoms with Gasteiger partial charge in [-0.3, -0.25) is 0 Å². The lowest BCUT2D eigenvalue weighted by Crippen LogP contribution is -2.05. The molecule has 0 spiro atoms. The number of nitrogens with zero attached hydrogens (tertiary/aromatic N) is 1. The highest BCUT2D eigenvalue weighted by atomic mass is 19.1. The van der Waals surface area contributed by atoms with Crippen molar-refractivity contribution in [2.75, 3.05) is 26.6 Å². The Hall–Kier alpha value is -2.94. The van der Waals surface area contributed by atoms with E-state index in [1.807, 2.05) is 6.07 Å². The molecule has 0 aromatic heterocycles. The van der Waals surface area contributed by atoms with Gasteiger partial charge < -0.3 is 19.5 Å². The average molecular weight is 316 g/mol.